The molecule has 0 amide bonds. The Kier molecular flexibility index (Phi) is 4.63. The van der Waals surface area contributed by atoms with Crippen molar-refractivity contribution in [1.82, 2.24) is 9.55 Å². The van der Waals surface area contributed by atoms with Crippen LogP contribution in [0.4, 0.5) is 4.39 Å². The van der Waals surface area contributed by atoms with Crippen molar-refractivity contribution >= 4 is 49.4 Å². The van der Waals surface area contributed by atoms with Crippen molar-refractivity contribution in [3.05, 3.63) is 28.2 Å². The Labute approximate surface area is 126 Å². The minimum absolute atomic E-state index is 0.0499. The van der Waals surface area contributed by atoms with Crippen molar-refractivity contribution in [3.63, 3.8) is 0 Å². The van der Waals surface area contributed by atoms with Gasteiger partial charge >= 0.3 is 0 Å². The summed E-state index contributed by atoms with van der Waals surface area (Å²) in [6.45, 7) is 2.39. The normalized spacial score (nSPS) is 14.8. The maximum absolute atomic E-state index is 13.7. The zero-order valence-electron chi connectivity index (χ0n) is 10.5. The summed E-state index contributed by atoms with van der Waals surface area (Å²) >= 11 is 9.02. The molecule has 2 rings (SSSR count). The molecule has 0 aliphatic carbocycles. The van der Waals surface area contributed by atoms with Gasteiger partial charge in [-0.05, 0) is 28.9 Å². The number of hydrogen-bond acceptors (Lipinski definition) is 2. The van der Waals surface area contributed by atoms with E-state index in [4.69, 9.17) is 11.6 Å². The van der Waals surface area contributed by atoms with Gasteiger partial charge in [-0.25, -0.2) is 9.37 Å². The fraction of sp³-hybridized carbons (Fsp3) is 0.417. The Morgan fingerprint density at radius 3 is 2.84 bits per heavy atom. The van der Waals surface area contributed by atoms with Gasteiger partial charge in [-0.2, -0.15) is 0 Å². The molecule has 1 aromatic heterocycles. The molecule has 0 radical (unpaired) electrons. The number of imidazole rings is 1. The van der Waals surface area contributed by atoms with E-state index < -0.39 is 10.8 Å². The Morgan fingerprint density at radius 1 is 1.58 bits per heavy atom. The predicted octanol–water partition coefficient (Wildman–Crippen LogP) is 3.44. The highest BCUT2D eigenvalue weighted by molar-refractivity contribution is 9.10. The molecule has 0 saturated carbocycles. The summed E-state index contributed by atoms with van der Waals surface area (Å²) in [5, 5.41) is -0.0499. The molecule has 0 saturated heterocycles. The monoisotopic (exact) mass is 366 g/mol. The number of nitrogens with zero attached hydrogens (tertiary/aromatic N) is 2. The molecule has 2 unspecified atom stereocenters. The molecule has 0 bridgehead atoms. The van der Waals surface area contributed by atoms with Gasteiger partial charge in [-0.15, -0.1) is 11.6 Å². The van der Waals surface area contributed by atoms with Gasteiger partial charge in [0.15, 0.2) is 0 Å². The van der Waals surface area contributed by atoms with E-state index in [2.05, 4.69) is 20.9 Å². The lowest BCUT2D eigenvalue weighted by atomic mass is 10.3. The van der Waals surface area contributed by atoms with Crippen LogP contribution in [0, 0.1) is 5.82 Å². The van der Waals surface area contributed by atoms with Gasteiger partial charge < -0.3 is 4.57 Å². The third-order valence-electron chi connectivity index (χ3n) is 3.00. The first-order chi connectivity index (χ1) is 8.93. The van der Waals surface area contributed by atoms with Gasteiger partial charge in [0.2, 0.25) is 0 Å². The molecule has 0 fully saturated rings. The fourth-order valence-corrected chi connectivity index (χ4v) is 2.73. The van der Waals surface area contributed by atoms with Crippen LogP contribution in [0.3, 0.4) is 0 Å². The number of rotatable bonds is 4. The van der Waals surface area contributed by atoms with E-state index >= 15 is 0 Å². The SMILES string of the molecule is CC(Cn1c(CCl)nc2cc(Br)c(F)cc21)S(C)=O. The molecule has 2 atom stereocenters. The summed E-state index contributed by atoms with van der Waals surface area (Å²) in [6, 6.07) is 3.05. The van der Waals surface area contributed by atoms with Crippen LogP contribution in [0.25, 0.3) is 11.0 Å². The van der Waals surface area contributed by atoms with Crippen LogP contribution in [0.5, 0.6) is 0 Å². The summed E-state index contributed by atoms with van der Waals surface area (Å²) in [5.74, 6) is 0.545. The molecule has 1 heterocycles. The van der Waals surface area contributed by atoms with Gasteiger partial charge in [0.25, 0.3) is 0 Å². The summed E-state index contributed by atoms with van der Waals surface area (Å²) in [5.41, 5.74) is 1.35. The lowest BCUT2D eigenvalue weighted by Crippen LogP contribution is -2.18. The number of aromatic nitrogens is 2. The van der Waals surface area contributed by atoms with Crippen molar-refractivity contribution in [3.8, 4) is 0 Å². The second-order valence-corrected chi connectivity index (χ2v) is 7.26. The predicted molar refractivity (Wildman–Crippen MR) is 80.5 cm³/mol. The molecular weight excluding hydrogens is 355 g/mol. The van der Waals surface area contributed by atoms with Crippen molar-refractivity contribution in [2.24, 2.45) is 0 Å². The number of fused-ring (bicyclic) bond motifs is 1. The Bertz CT molecular complexity index is 646. The standard InChI is InChI=1S/C12H13BrClFN2OS/c1-7(19(2)18)6-17-11-4-9(15)8(13)3-10(11)16-12(17)5-14/h3-4,7H,5-6H2,1-2H3. The summed E-state index contributed by atoms with van der Waals surface area (Å²) in [4.78, 5) is 4.38. The minimum Gasteiger partial charge on any atom is -0.326 e. The number of hydrogen-bond donors (Lipinski definition) is 0. The average molecular weight is 368 g/mol. The highest BCUT2D eigenvalue weighted by atomic mass is 79.9. The maximum atomic E-state index is 13.7. The van der Waals surface area contributed by atoms with Crippen LogP contribution in [0.15, 0.2) is 16.6 Å². The lowest BCUT2D eigenvalue weighted by molar-refractivity contribution is 0.618. The van der Waals surface area contributed by atoms with Gasteiger partial charge in [0.1, 0.15) is 11.6 Å². The molecule has 104 valence electrons. The fourth-order valence-electron chi connectivity index (χ4n) is 1.84. The molecule has 7 heteroatoms. The zero-order chi connectivity index (χ0) is 14.2. The quantitative estimate of drug-likeness (QED) is 0.776. The molecule has 0 spiro atoms. The maximum Gasteiger partial charge on any atom is 0.139 e. The van der Waals surface area contributed by atoms with Crippen LogP contribution < -0.4 is 0 Å². The van der Waals surface area contributed by atoms with E-state index in [0.717, 1.165) is 0 Å². The van der Waals surface area contributed by atoms with E-state index in [1.807, 2.05) is 11.5 Å². The third kappa shape index (κ3) is 3.01. The Balaban J connectivity index is 2.56. The smallest absolute Gasteiger partial charge is 0.139 e. The van der Waals surface area contributed by atoms with Crippen molar-refractivity contribution < 1.29 is 8.60 Å². The largest absolute Gasteiger partial charge is 0.326 e. The highest BCUT2D eigenvalue weighted by Crippen LogP contribution is 2.25. The number of halogens is 3. The van der Waals surface area contributed by atoms with E-state index in [-0.39, 0.29) is 16.9 Å². The van der Waals surface area contributed by atoms with Crippen LogP contribution >= 0.6 is 27.5 Å². The highest BCUT2D eigenvalue weighted by Gasteiger charge is 2.16. The van der Waals surface area contributed by atoms with Crippen LogP contribution in [0.1, 0.15) is 12.7 Å². The first kappa shape index (κ1) is 14.9. The van der Waals surface area contributed by atoms with Crippen molar-refractivity contribution in [2.45, 2.75) is 24.6 Å². The molecular formula is C12H13BrClFN2OS. The van der Waals surface area contributed by atoms with Gasteiger partial charge in [-0.3, -0.25) is 4.21 Å². The molecule has 2 aromatic rings. The summed E-state index contributed by atoms with van der Waals surface area (Å²) in [7, 11) is -0.953. The van der Waals surface area contributed by atoms with Crippen LogP contribution in [-0.2, 0) is 23.2 Å². The lowest BCUT2D eigenvalue weighted by Gasteiger charge is -2.12. The van der Waals surface area contributed by atoms with E-state index in [1.165, 1.54) is 6.07 Å². The Morgan fingerprint density at radius 2 is 2.26 bits per heavy atom. The minimum atomic E-state index is -0.953. The average Bonchev–Trinajstić information content (AvgIpc) is 2.67. The molecule has 0 aliphatic heterocycles. The van der Waals surface area contributed by atoms with E-state index in [9.17, 15) is 8.60 Å². The molecule has 3 nitrogen and oxygen atoms in total. The number of alkyl halides is 1. The summed E-state index contributed by atoms with van der Waals surface area (Å²) < 4.78 is 27.4. The Hall–Kier alpha value is -0.460. The van der Waals surface area contributed by atoms with E-state index in [1.54, 1.807) is 12.3 Å². The second kappa shape index (κ2) is 5.89. The van der Waals surface area contributed by atoms with Gasteiger partial charge in [0, 0.05) is 34.9 Å². The van der Waals surface area contributed by atoms with Gasteiger partial charge in [-0.1, -0.05) is 0 Å². The van der Waals surface area contributed by atoms with Gasteiger partial charge in [0.05, 0.1) is 21.4 Å². The molecule has 0 aliphatic rings. The third-order valence-corrected chi connectivity index (χ3v) is 5.12. The summed E-state index contributed by atoms with van der Waals surface area (Å²) in [6.07, 6.45) is 1.65. The molecule has 1 aromatic carbocycles. The first-order valence-electron chi connectivity index (χ1n) is 5.66. The second-order valence-electron chi connectivity index (χ2n) is 4.34. The first-order valence-corrected chi connectivity index (χ1v) is 8.61. The van der Waals surface area contributed by atoms with Crippen LogP contribution in [0.2, 0.25) is 0 Å². The van der Waals surface area contributed by atoms with E-state index in [0.29, 0.717) is 27.9 Å². The number of benzene rings is 1. The van der Waals surface area contributed by atoms with Crippen molar-refractivity contribution in [2.75, 3.05) is 6.26 Å². The zero-order valence-corrected chi connectivity index (χ0v) is 13.6. The molecule has 0 N–H and O–H groups in total. The topological polar surface area (TPSA) is 34.9 Å². The van der Waals surface area contributed by atoms with Crippen LogP contribution in [-0.4, -0.2) is 25.3 Å². The molecule has 19 heavy (non-hydrogen) atoms. The van der Waals surface area contributed by atoms with Crippen molar-refractivity contribution in [1.29, 1.82) is 0 Å².